The second kappa shape index (κ2) is 5.08. The molecule has 1 aromatic carbocycles. The average molecular weight is 264 g/mol. The van der Waals surface area contributed by atoms with Crippen LogP contribution in [0.4, 0.5) is 0 Å². The van der Waals surface area contributed by atoms with Gasteiger partial charge in [0.25, 0.3) is 0 Å². The van der Waals surface area contributed by atoms with Crippen molar-refractivity contribution in [3.63, 3.8) is 0 Å². The number of benzene rings is 1. The Labute approximate surface area is 110 Å². The van der Waals surface area contributed by atoms with Crippen molar-refractivity contribution >= 4 is 22.4 Å². The van der Waals surface area contributed by atoms with Gasteiger partial charge in [0, 0.05) is 17.3 Å². The number of nitrogens with one attached hydrogen (secondary N) is 1. The highest BCUT2D eigenvalue weighted by atomic mass is 35.5. The minimum absolute atomic E-state index is 0.164. The molecule has 1 aromatic heterocycles. The Morgan fingerprint density at radius 1 is 1.22 bits per heavy atom. The highest BCUT2D eigenvalue weighted by Crippen LogP contribution is 2.28. The second-order valence-corrected chi connectivity index (χ2v) is 4.79. The lowest BCUT2D eigenvalue weighted by molar-refractivity contribution is 0.161. The summed E-state index contributed by atoms with van der Waals surface area (Å²) in [5, 5.41) is 13.5. The largest absolute Gasteiger partial charge is 0.471 e. The van der Waals surface area contributed by atoms with Gasteiger partial charge in [-0.05, 0) is 25.5 Å². The van der Waals surface area contributed by atoms with Crippen molar-refractivity contribution in [1.29, 1.82) is 0 Å². The number of rotatable bonds is 2. The topological polar surface area (TPSA) is 47.0 Å². The summed E-state index contributed by atoms with van der Waals surface area (Å²) in [6, 6.07) is 7.77. The lowest BCUT2D eigenvalue weighted by atomic mass is 10.1. The molecule has 1 atom stereocenters. The molecule has 1 aliphatic heterocycles. The van der Waals surface area contributed by atoms with E-state index in [1.54, 1.807) is 0 Å². The highest BCUT2D eigenvalue weighted by Gasteiger charge is 2.17. The van der Waals surface area contributed by atoms with Crippen molar-refractivity contribution in [2.45, 2.75) is 18.9 Å². The molecule has 0 saturated carbocycles. The fourth-order valence-corrected chi connectivity index (χ4v) is 2.41. The number of aromatic nitrogens is 2. The Kier molecular flexibility index (Phi) is 3.30. The van der Waals surface area contributed by atoms with E-state index in [1.165, 1.54) is 0 Å². The van der Waals surface area contributed by atoms with Gasteiger partial charge in [-0.3, -0.25) is 0 Å². The first kappa shape index (κ1) is 11.7. The molecule has 0 spiro atoms. The van der Waals surface area contributed by atoms with E-state index >= 15 is 0 Å². The van der Waals surface area contributed by atoms with Crippen LogP contribution in [0.2, 0.25) is 5.15 Å². The van der Waals surface area contributed by atoms with Crippen LogP contribution in [0.25, 0.3) is 10.8 Å². The Balaban J connectivity index is 1.94. The number of hydrogen-bond acceptors (Lipinski definition) is 4. The molecule has 0 aliphatic carbocycles. The monoisotopic (exact) mass is 263 g/mol. The molecule has 1 aliphatic rings. The number of halogens is 1. The van der Waals surface area contributed by atoms with Crippen LogP contribution in [0.3, 0.4) is 0 Å². The zero-order valence-electron chi connectivity index (χ0n) is 9.90. The molecular weight excluding hydrogens is 250 g/mol. The van der Waals surface area contributed by atoms with E-state index in [0.717, 1.165) is 36.7 Å². The first-order chi connectivity index (χ1) is 8.84. The lowest BCUT2D eigenvalue weighted by Gasteiger charge is -2.23. The Hall–Kier alpha value is -1.39. The molecule has 4 nitrogen and oxygen atoms in total. The molecule has 94 valence electrons. The van der Waals surface area contributed by atoms with Gasteiger partial charge in [-0.25, -0.2) is 0 Å². The molecule has 2 aromatic rings. The first-order valence-corrected chi connectivity index (χ1v) is 6.50. The van der Waals surface area contributed by atoms with Gasteiger partial charge in [-0.1, -0.05) is 29.8 Å². The van der Waals surface area contributed by atoms with Gasteiger partial charge in [0.05, 0.1) is 0 Å². The summed E-state index contributed by atoms with van der Waals surface area (Å²) in [5.74, 6) is 0.573. The van der Waals surface area contributed by atoms with E-state index < -0.39 is 0 Å². The third-order valence-corrected chi connectivity index (χ3v) is 3.42. The van der Waals surface area contributed by atoms with Crippen molar-refractivity contribution in [1.82, 2.24) is 15.5 Å². The molecule has 1 fully saturated rings. The molecule has 3 rings (SSSR count). The van der Waals surface area contributed by atoms with Crippen LogP contribution in [-0.4, -0.2) is 29.4 Å². The molecule has 18 heavy (non-hydrogen) atoms. The van der Waals surface area contributed by atoms with E-state index in [1.807, 2.05) is 24.3 Å². The smallest absolute Gasteiger partial charge is 0.241 e. The zero-order valence-corrected chi connectivity index (χ0v) is 10.7. The second-order valence-electron chi connectivity index (χ2n) is 4.43. The summed E-state index contributed by atoms with van der Waals surface area (Å²) in [7, 11) is 0. The number of fused-ring (bicyclic) bond motifs is 1. The Morgan fingerprint density at radius 2 is 2.06 bits per heavy atom. The first-order valence-electron chi connectivity index (χ1n) is 6.13. The molecule has 0 unspecified atom stereocenters. The van der Waals surface area contributed by atoms with E-state index in [4.69, 9.17) is 16.3 Å². The van der Waals surface area contributed by atoms with E-state index in [0.29, 0.717) is 11.0 Å². The Morgan fingerprint density at radius 3 is 2.83 bits per heavy atom. The lowest BCUT2D eigenvalue weighted by Crippen LogP contribution is -2.37. The molecule has 0 radical (unpaired) electrons. The van der Waals surface area contributed by atoms with Gasteiger partial charge in [-0.2, -0.15) is 0 Å². The van der Waals surface area contributed by atoms with Crippen molar-refractivity contribution in [2.75, 3.05) is 13.1 Å². The summed E-state index contributed by atoms with van der Waals surface area (Å²) < 4.78 is 5.93. The maximum absolute atomic E-state index is 6.03. The van der Waals surface area contributed by atoms with Crippen LogP contribution in [0.1, 0.15) is 12.8 Å². The van der Waals surface area contributed by atoms with Crippen molar-refractivity contribution in [3.8, 4) is 5.88 Å². The van der Waals surface area contributed by atoms with Gasteiger partial charge in [-0.15, -0.1) is 10.2 Å². The van der Waals surface area contributed by atoms with E-state index in [9.17, 15) is 0 Å². The molecule has 1 N–H and O–H groups in total. The maximum atomic E-state index is 6.03. The fourth-order valence-electron chi connectivity index (χ4n) is 2.21. The summed E-state index contributed by atoms with van der Waals surface area (Å²) in [4.78, 5) is 0. The van der Waals surface area contributed by atoms with Gasteiger partial charge in [0.15, 0.2) is 5.15 Å². The van der Waals surface area contributed by atoms with Crippen LogP contribution in [0.5, 0.6) is 5.88 Å². The van der Waals surface area contributed by atoms with Crippen LogP contribution in [0.15, 0.2) is 24.3 Å². The van der Waals surface area contributed by atoms with Gasteiger partial charge >= 0.3 is 0 Å². The number of ether oxygens (including phenoxy) is 1. The van der Waals surface area contributed by atoms with E-state index in [-0.39, 0.29) is 6.10 Å². The van der Waals surface area contributed by atoms with Crippen molar-refractivity contribution in [3.05, 3.63) is 29.4 Å². The third-order valence-electron chi connectivity index (χ3n) is 3.14. The third kappa shape index (κ3) is 2.26. The predicted molar refractivity (Wildman–Crippen MR) is 71.1 cm³/mol. The number of nitrogens with zero attached hydrogens (tertiary/aromatic N) is 2. The molecular formula is C13H14ClN3O. The van der Waals surface area contributed by atoms with Crippen molar-refractivity contribution < 1.29 is 4.74 Å². The van der Waals surface area contributed by atoms with E-state index in [2.05, 4.69) is 15.5 Å². The SMILES string of the molecule is Clc1nnc(O[C@@H]2CCCNC2)c2ccccc12. The minimum Gasteiger partial charge on any atom is -0.471 e. The number of piperidine rings is 1. The molecule has 2 heterocycles. The standard InChI is InChI=1S/C13H14ClN3O/c14-12-10-5-1-2-6-11(10)13(17-16-12)18-9-4-3-7-15-8-9/h1-2,5-6,9,15H,3-4,7-8H2/t9-/m1/s1. The van der Waals surface area contributed by atoms with Crippen LogP contribution in [-0.2, 0) is 0 Å². The molecule has 0 amide bonds. The maximum Gasteiger partial charge on any atom is 0.241 e. The van der Waals surface area contributed by atoms with Crippen LogP contribution in [0, 0.1) is 0 Å². The van der Waals surface area contributed by atoms with Crippen LogP contribution >= 0.6 is 11.6 Å². The van der Waals surface area contributed by atoms with Gasteiger partial charge in [0.1, 0.15) is 6.10 Å². The van der Waals surface area contributed by atoms with Crippen molar-refractivity contribution in [2.24, 2.45) is 0 Å². The fraction of sp³-hybridized carbons (Fsp3) is 0.385. The van der Waals surface area contributed by atoms with Crippen LogP contribution < -0.4 is 10.1 Å². The molecule has 0 bridgehead atoms. The minimum atomic E-state index is 0.164. The summed E-state index contributed by atoms with van der Waals surface area (Å²) in [5.41, 5.74) is 0. The Bertz CT molecular complexity index is 555. The summed E-state index contributed by atoms with van der Waals surface area (Å²) in [6.45, 7) is 1.92. The van der Waals surface area contributed by atoms with Gasteiger partial charge in [0.2, 0.25) is 5.88 Å². The highest BCUT2D eigenvalue weighted by molar-refractivity contribution is 6.34. The predicted octanol–water partition coefficient (Wildman–Crippen LogP) is 2.41. The van der Waals surface area contributed by atoms with Gasteiger partial charge < -0.3 is 10.1 Å². The summed E-state index contributed by atoms with van der Waals surface area (Å²) in [6.07, 6.45) is 2.34. The number of hydrogen-bond donors (Lipinski definition) is 1. The average Bonchev–Trinajstić information content (AvgIpc) is 2.44. The zero-order chi connectivity index (χ0) is 12.4. The molecule has 1 saturated heterocycles. The summed E-state index contributed by atoms with van der Waals surface area (Å²) >= 11 is 6.03. The quantitative estimate of drug-likeness (QED) is 0.904. The normalized spacial score (nSPS) is 19.9. The molecule has 5 heteroatoms.